The molecule has 3 saturated carbocycles. The SMILES string of the molecule is CCOC[C@@H]1[C@H](COCC)[C@H]2C=C[C@H]1C2.CCOC[C@H]1[C@@H](CO)[C@H]2C=C[C@H]1C2.OC[C@@H]1C2C=CC(C2)[C@@H]1CO. The van der Waals surface area contributed by atoms with Gasteiger partial charge < -0.3 is 29.5 Å². The van der Waals surface area contributed by atoms with Crippen molar-refractivity contribution in [2.75, 3.05) is 59.5 Å². The molecule has 6 bridgehead atoms. The van der Waals surface area contributed by atoms with Gasteiger partial charge in [-0.2, -0.15) is 0 Å². The fourth-order valence-electron chi connectivity index (χ4n) is 8.40. The summed E-state index contributed by atoms with van der Waals surface area (Å²) in [5.41, 5.74) is 0. The van der Waals surface area contributed by atoms with E-state index in [1.807, 2.05) is 6.92 Å². The van der Waals surface area contributed by atoms with Crippen LogP contribution in [-0.4, -0.2) is 74.8 Å². The number of hydrogen-bond acceptors (Lipinski definition) is 6. The van der Waals surface area contributed by atoms with E-state index < -0.39 is 0 Å². The molecule has 0 amide bonds. The van der Waals surface area contributed by atoms with Crippen LogP contribution in [0.15, 0.2) is 36.5 Å². The summed E-state index contributed by atoms with van der Waals surface area (Å²) < 4.78 is 16.6. The molecule has 6 aliphatic carbocycles. The van der Waals surface area contributed by atoms with Crippen molar-refractivity contribution in [1.29, 1.82) is 0 Å². The Bertz CT molecular complexity index is 770. The summed E-state index contributed by atoms with van der Waals surface area (Å²) in [4.78, 5) is 0. The van der Waals surface area contributed by atoms with Crippen LogP contribution in [0, 0.1) is 71.0 Å². The molecule has 2 unspecified atom stereocenters. The summed E-state index contributed by atoms with van der Waals surface area (Å²) in [7, 11) is 0. The molecule has 3 fully saturated rings. The van der Waals surface area contributed by atoms with Gasteiger partial charge in [0.1, 0.15) is 0 Å². The van der Waals surface area contributed by atoms with Crippen molar-refractivity contribution in [2.45, 2.75) is 40.0 Å². The summed E-state index contributed by atoms with van der Waals surface area (Å²) in [6, 6.07) is 0. The van der Waals surface area contributed by atoms with Gasteiger partial charge in [-0.05, 0) is 111 Å². The summed E-state index contributed by atoms with van der Waals surface area (Å²) in [5, 5.41) is 27.4. The van der Waals surface area contributed by atoms with E-state index in [1.54, 1.807) is 0 Å². The third kappa shape index (κ3) is 7.07. The number of fused-ring (bicyclic) bond motifs is 6. The molecular formula is C33H54O6. The van der Waals surface area contributed by atoms with Gasteiger partial charge in [0.05, 0.1) is 19.8 Å². The van der Waals surface area contributed by atoms with Gasteiger partial charge in [0.2, 0.25) is 0 Å². The summed E-state index contributed by atoms with van der Waals surface area (Å²) in [5.74, 6) is 6.99. The first kappa shape index (κ1) is 30.9. The van der Waals surface area contributed by atoms with E-state index in [0.29, 0.717) is 65.8 Å². The highest BCUT2D eigenvalue weighted by Crippen LogP contribution is 2.49. The third-order valence-electron chi connectivity index (χ3n) is 10.6. The number of aliphatic hydroxyl groups excluding tert-OH is 3. The Hall–Kier alpha value is -1.02. The first-order valence-corrected chi connectivity index (χ1v) is 15.7. The minimum absolute atomic E-state index is 0.233. The predicted octanol–water partition coefficient (Wildman–Crippen LogP) is 4.36. The van der Waals surface area contributed by atoms with Crippen LogP contribution in [0.1, 0.15) is 40.0 Å². The lowest BCUT2D eigenvalue weighted by Crippen LogP contribution is -2.28. The van der Waals surface area contributed by atoms with Crippen molar-refractivity contribution in [3.05, 3.63) is 36.5 Å². The molecule has 6 rings (SSSR count). The zero-order valence-corrected chi connectivity index (χ0v) is 24.4. The molecule has 12 atom stereocenters. The van der Waals surface area contributed by atoms with Gasteiger partial charge in [0.15, 0.2) is 0 Å². The maximum atomic E-state index is 9.27. The van der Waals surface area contributed by atoms with Gasteiger partial charge in [-0.15, -0.1) is 0 Å². The highest BCUT2D eigenvalue weighted by Gasteiger charge is 2.45. The summed E-state index contributed by atoms with van der Waals surface area (Å²) in [6.45, 7) is 12.1. The molecule has 0 aliphatic heterocycles. The average Bonchev–Trinajstić information content (AvgIpc) is 3.82. The van der Waals surface area contributed by atoms with E-state index in [4.69, 9.17) is 24.4 Å². The van der Waals surface area contributed by atoms with Gasteiger partial charge in [-0.1, -0.05) is 36.5 Å². The topological polar surface area (TPSA) is 88.4 Å². The van der Waals surface area contributed by atoms with Crippen LogP contribution < -0.4 is 0 Å². The van der Waals surface area contributed by atoms with E-state index in [9.17, 15) is 5.11 Å². The Balaban J connectivity index is 0.000000137. The van der Waals surface area contributed by atoms with E-state index in [-0.39, 0.29) is 13.2 Å². The van der Waals surface area contributed by atoms with Crippen LogP contribution in [-0.2, 0) is 14.2 Å². The van der Waals surface area contributed by atoms with Crippen molar-refractivity contribution < 1.29 is 29.5 Å². The number of ether oxygens (including phenoxy) is 3. The Morgan fingerprint density at radius 2 is 0.667 bits per heavy atom. The minimum Gasteiger partial charge on any atom is -0.396 e. The molecule has 3 N–H and O–H groups in total. The molecule has 6 nitrogen and oxygen atoms in total. The fourth-order valence-corrected chi connectivity index (χ4v) is 8.40. The van der Waals surface area contributed by atoms with Gasteiger partial charge >= 0.3 is 0 Å². The van der Waals surface area contributed by atoms with Crippen LogP contribution in [0.2, 0.25) is 0 Å². The predicted molar refractivity (Wildman–Crippen MR) is 154 cm³/mol. The molecule has 0 radical (unpaired) electrons. The quantitative estimate of drug-likeness (QED) is 0.315. The second-order valence-corrected chi connectivity index (χ2v) is 12.4. The van der Waals surface area contributed by atoms with E-state index in [2.05, 4.69) is 50.3 Å². The molecule has 39 heavy (non-hydrogen) atoms. The molecule has 0 saturated heterocycles. The molecule has 0 heterocycles. The van der Waals surface area contributed by atoms with Crippen molar-refractivity contribution in [3.8, 4) is 0 Å². The van der Waals surface area contributed by atoms with Gasteiger partial charge in [-0.25, -0.2) is 0 Å². The lowest BCUT2D eigenvalue weighted by molar-refractivity contribution is 0.0353. The van der Waals surface area contributed by atoms with Gasteiger partial charge in [0.25, 0.3) is 0 Å². The van der Waals surface area contributed by atoms with E-state index in [1.165, 1.54) is 12.8 Å². The number of hydrogen-bond donors (Lipinski definition) is 3. The second kappa shape index (κ2) is 15.3. The van der Waals surface area contributed by atoms with Gasteiger partial charge in [0, 0.05) is 39.6 Å². The Morgan fingerprint density at radius 3 is 0.923 bits per heavy atom. The van der Waals surface area contributed by atoms with E-state index >= 15 is 0 Å². The maximum absolute atomic E-state index is 9.27. The largest absolute Gasteiger partial charge is 0.396 e. The van der Waals surface area contributed by atoms with Crippen LogP contribution in [0.25, 0.3) is 0 Å². The highest BCUT2D eigenvalue weighted by atomic mass is 16.5. The van der Waals surface area contributed by atoms with Crippen molar-refractivity contribution >= 4 is 0 Å². The first-order valence-electron chi connectivity index (χ1n) is 15.7. The lowest BCUT2D eigenvalue weighted by atomic mass is 9.84. The van der Waals surface area contributed by atoms with Crippen molar-refractivity contribution in [1.82, 2.24) is 0 Å². The molecule has 6 aliphatic rings. The number of allylic oxidation sites excluding steroid dienone is 6. The summed E-state index contributed by atoms with van der Waals surface area (Å²) in [6.07, 6.45) is 17.5. The van der Waals surface area contributed by atoms with Crippen LogP contribution in [0.5, 0.6) is 0 Å². The zero-order chi connectivity index (χ0) is 27.8. The molecule has 0 spiro atoms. The number of rotatable bonds is 12. The third-order valence-corrected chi connectivity index (χ3v) is 10.6. The van der Waals surface area contributed by atoms with Gasteiger partial charge in [-0.3, -0.25) is 0 Å². The van der Waals surface area contributed by atoms with Crippen LogP contribution in [0.3, 0.4) is 0 Å². The van der Waals surface area contributed by atoms with Crippen molar-refractivity contribution in [3.63, 3.8) is 0 Å². The Morgan fingerprint density at radius 1 is 0.436 bits per heavy atom. The smallest absolute Gasteiger partial charge is 0.0503 e. The fraction of sp³-hybridized carbons (Fsp3) is 0.818. The summed E-state index contributed by atoms with van der Waals surface area (Å²) >= 11 is 0. The van der Waals surface area contributed by atoms with Crippen LogP contribution >= 0.6 is 0 Å². The average molecular weight is 547 g/mol. The maximum Gasteiger partial charge on any atom is 0.0503 e. The zero-order valence-electron chi connectivity index (χ0n) is 24.4. The van der Waals surface area contributed by atoms with Crippen LogP contribution in [0.4, 0.5) is 0 Å². The first-order chi connectivity index (χ1) is 19.1. The highest BCUT2D eigenvalue weighted by molar-refractivity contribution is 5.15. The molecule has 222 valence electrons. The van der Waals surface area contributed by atoms with E-state index in [0.717, 1.165) is 57.9 Å². The molecule has 0 aromatic heterocycles. The molecule has 6 heteroatoms. The standard InChI is InChI=1S/C13H22O2.C11H18O2.C9H14O2/c1-3-14-8-12-10-5-6-11(7-10)13(12)9-15-4-2;1-2-13-7-11-9-4-3-8(5-9)10(11)6-12;10-4-8-6-1-2-7(3-6)9(8)5-11/h5-6,10-13H,3-4,7-9H2,1-2H3;3-4,8-12H,2,5-7H2,1H3;1-2,6-11H,3-5H2/t10-,11-,12-,13+;8-,9-,10-,11+;6?,7?,8-,9+/m00./s1. The Kier molecular flexibility index (Phi) is 12.1. The molecule has 0 aromatic rings. The molecular weight excluding hydrogens is 492 g/mol. The molecule has 0 aromatic carbocycles. The Labute approximate surface area is 236 Å². The number of aliphatic hydroxyl groups is 3. The normalized spacial score (nSPS) is 41.7. The second-order valence-electron chi connectivity index (χ2n) is 12.4. The lowest BCUT2D eigenvalue weighted by Gasteiger charge is -2.27. The van der Waals surface area contributed by atoms with Crippen molar-refractivity contribution in [2.24, 2.45) is 71.0 Å². The minimum atomic E-state index is 0.233. The monoisotopic (exact) mass is 546 g/mol.